The summed E-state index contributed by atoms with van der Waals surface area (Å²) in [7, 11) is 0. The number of benzene rings is 1. The second kappa shape index (κ2) is 5.12. The molecule has 2 N–H and O–H groups in total. The molecule has 1 heterocycles. The van der Waals surface area contributed by atoms with Crippen LogP contribution < -0.4 is 5.73 Å². The molecule has 0 spiro atoms. The van der Waals surface area contributed by atoms with Gasteiger partial charge in [-0.15, -0.1) is 0 Å². The largest absolute Gasteiger partial charge is 0.479 e. The van der Waals surface area contributed by atoms with Crippen molar-refractivity contribution in [1.29, 1.82) is 0 Å². The summed E-state index contributed by atoms with van der Waals surface area (Å²) in [6, 6.07) is 8.85. The average Bonchev–Trinajstić information content (AvgIpc) is 2.70. The lowest BCUT2D eigenvalue weighted by Crippen LogP contribution is -2.10. The van der Waals surface area contributed by atoms with Crippen LogP contribution >= 0.6 is 0 Å². The fourth-order valence-electron chi connectivity index (χ4n) is 1.83. The Morgan fingerprint density at radius 2 is 2.12 bits per heavy atom. The molecule has 0 saturated heterocycles. The predicted molar refractivity (Wildman–Crippen MR) is 65.7 cm³/mol. The smallest absolute Gasteiger partial charge is 0.184 e. The molecule has 0 amide bonds. The zero-order valence-corrected chi connectivity index (χ0v) is 9.65. The minimum Gasteiger partial charge on any atom is -0.479 e. The Morgan fingerprint density at radius 3 is 2.81 bits per heavy atom. The molecular weight excluding hydrogens is 200 g/mol. The number of ether oxygens (including phenoxy) is 1. The van der Waals surface area contributed by atoms with E-state index >= 15 is 0 Å². The Balaban J connectivity index is 1.93. The van der Waals surface area contributed by atoms with E-state index in [9.17, 15) is 0 Å². The first-order valence-corrected chi connectivity index (χ1v) is 5.73. The van der Waals surface area contributed by atoms with Crippen LogP contribution in [0.15, 0.2) is 29.3 Å². The maximum atomic E-state index is 5.47. The van der Waals surface area contributed by atoms with Crippen molar-refractivity contribution < 1.29 is 4.74 Å². The highest BCUT2D eigenvalue weighted by molar-refractivity contribution is 5.77. The monoisotopic (exact) mass is 218 g/mol. The first kappa shape index (κ1) is 11.1. The average molecular weight is 218 g/mol. The lowest BCUT2D eigenvalue weighted by Gasteiger charge is -2.05. The molecule has 0 aliphatic carbocycles. The summed E-state index contributed by atoms with van der Waals surface area (Å²) in [5.74, 6) is 0.819. The van der Waals surface area contributed by atoms with Gasteiger partial charge in [-0.25, -0.2) is 4.99 Å². The van der Waals surface area contributed by atoms with Gasteiger partial charge in [-0.3, -0.25) is 0 Å². The molecule has 2 rings (SSSR count). The van der Waals surface area contributed by atoms with Gasteiger partial charge in [0.1, 0.15) is 6.61 Å². The summed E-state index contributed by atoms with van der Waals surface area (Å²) in [6.07, 6.45) is 1.71. The third-order valence-electron chi connectivity index (χ3n) is 2.72. The Bertz CT molecular complexity index is 370. The van der Waals surface area contributed by atoms with E-state index in [1.165, 1.54) is 11.1 Å². The molecule has 86 valence electrons. The molecule has 0 bridgehead atoms. The van der Waals surface area contributed by atoms with E-state index in [0.717, 1.165) is 18.7 Å². The quantitative estimate of drug-likeness (QED) is 0.836. The highest BCUT2D eigenvalue weighted by Crippen LogP contribution is 2.13. The van der Waals surface area contributed by atoms with Gasteiger partial charge in [-0.2, -0.15) is 0 Å². The van der Waals surface area contributed by atoms with Gasteiger partial charge in [-0.1, -0.05) is 29.8 Å². The standard InChI is InChI=1S/C13H18N2O/c1-10-2-4-11(5-3-10)8-12-9-16-13(15-12)6-7-14/h2-5,12H,6-9,14H2,1H3. The summed E-state index contributed by atoms with van der Waals surface area (Å²) in [6.45, 7) is 3.40. The zero-order valence-electron chi connectivity index (χ0n) is 9.65. The number of rotatable bonds is 4. The van der Waals surface area contributed by atoms with E-state index in [4.69, 9.17) is 10.5 Å². The molecule has 0 fully saturated rings. The topological polar surface area (TPSA) is 47.6 Å². The number of hydrogen-bond acceptors (Lipinski definition) is 3. The van der Waals surface area contributed by atoms with Crippen LogP contribution in [0.2, 0.25) is 0 Å². The highest BCUT2D eigenvalue weighted by Gasteiger charge is 2.18. The summed E-state index contributed by atoms with van der Waals surface area (Å²) < 4.78 is 5.47. The lowest BCUT2D eigenvalue weighted by atomic mass is 10.1. The van der Waals surface area contributed by atoms with Crippen molar-refractivity contribution in [1.82, 2.24) is 0 Å². The normalized spacial score (nSPS) is 19.4. The van der Waals surface area contributed by atoms with Crippen molar-refractivity contribution in [3.63, 3.8) is 0 Å². The second-order valence-electron chi connectivity index (χ2n) is 4.22. The number of nitrogens with zero attached hydrogens (tertiary/aromatic N) is 1. The molecule has 0 saturated carbocycles. The zero-order chi connectivity index (χ0) is 11.4. The molecule has 3 heteroatoms. The Hall–Kier alpha value is -1.35. The van der Waals surface area contributed by atoms with Crippen molar-refractivity contribution in [3.05, 3.63) is 35.4 Å². The first-order chi connectivity index (χ1) is 7.78. The van der Waals surface area contributed by atoms with Gasteiger partial charge in [0.15, 0.2) is 5.90 Å². The van der Waals surface area contributed by atoms with E-state index in [-0.39, 0.29) is 6.04 Å². The van der Waals surface area contributed by atoms with Crippen molar-refractivity contribution in [2.24, 2.45) is 10.7 Å². The van der Waals surface area contributed by atoms with E-state index in [2.05, 4.69) is 36.2 Å². The van der Waals surface area contributed by atoms with Crippen molar-refractivity contribution >= 4 is 5.90 Å². The van der Waals surface area contributed by atoms with Gasteiger partial charge in [0.2, 0.25) is 0 Å². The number of aliphatic imine (C=N–C) groups is 1. The SMILES string of the molecule is Cc1ccc(CC2COC(CCN)=N2)cc1. The van der Waals surface area contributed by atoms with Crippen LogP contribution in [-0.2, 0) is 11.2 Å². The fourth-order valence-corrected chi connectivity index (χ4v) is 1.83. The molecule has 1 aliphatic rings. The van der Waals surface area contributed by atoms with Crippen molar-refractivity contribution in [2.75, 3.05) is 13.2 Å². The molecule has 3 nitrogen and oxygen atoms in total. The van der Waals surface area contributed by atoms with E-state index in [1.54, 1.807) is 0 Å². The third kappa shape index (κ3) is 2.83. The minimum atomic E-state index is 0.268. The molecule has 1 atom stereocenters. The van der Waals surface area contributed by atoms with Crippen LogP contribution in [0.25, 0.3) is 0 Å². The maximum Gasteiger partial charge on any atom is 0.184 e. The van der Waals surface area contributed by atoms with E-state index in [0.29, 0.717) is 13.2 Å². The van der Waals surface area contributed by atoms with E-state index < -0.39 is 0 Å². The van der Waals surface area contributed by atoms with Crippen LogP contribution in [-0.4, -0.2) is 25.1 Å². The van der Waals surface area contributed by atoms with Crippen molar-refractivity contribution in [2.45, 2.75) is 25.8 Å². The van der Waals surface area contributed by atoms with Gasteiger partial charge >= 0.3 is 0 Å². The van der Waals surface area contributed by atoms with Crippen molar-refractivity contribution in [3.8, 4) is 0 Å². The molecule has 1 aromatic carbocycles. The van der Waals surface area contributed by atoms with Crippen LogP contribution in [0.5, 0.6) is 0 Å². The van der Waals surface area contributed by atoms with Gasteiger partial charge in [0.25, 0.3) is 0 Å². The van der Waals surface area contributed by atoms with Crippen LogP contribution in [0.1, 0.15) is 17.5 Å². The van der Waals surface area contributed by atoms with Gasteiger partial charge in [0.05, 0.1) is 6.04 Å². The van der Waals surface area contributed by atoms with Crippen LogP contribution in [0.3, 0.4) is 0 Å². The molecule has 1 aliphatic heterocycles. The van der Waals surface area contributed by atoms with Crippen LogP contribution in [0, 0.1) is 6.92 Å². The fraction of sp³-hybridized carbons (Fsp3) is 0.462. The number of aryl methyl sites for hydroxylation is 1. The van der Waals surface area contributed by atoms with Crippen LogP contribution in [0.4, 0.5) is 0 Å². The Morgan fingerprint density at radius 1 is 1.38 bits per heavy atom. The molecule has 0 aromatic heterocycles. The summed E-state index contributed by atoms with van der Waals surface area (Å²) >= 11 is 0. The van der Waals surface area contributed by atoms with Gasteiger partial charge < -0.3 is 10.5 Å². The van der Waals surface area contributed by atoms with E-state index in [1.807, 2.05) is 0 Å². The maximum absolute atomic E-state index is 5.47. The first-order valence-electron chi connectivity index (χ1n) is 5.73. The number of hydrogen-bond donors (Lipinski definition) is 1. The summed E-state index contributed by atoms with van der Waals surface area (Å²) in [4.78, 5) is 4.51. The minimum absolute atomic E-state index is 0.268. The predicted octanol–water partition coefficient (Wildman–Crippen LogP) is 1.68. The third-order valence-corrected chi connectivity index (χ3v) is 2.72. The molecule has 1 aromatic rings. The summed E-state index contributed by atoms with van der Waals surface area (Å²) in [5.41, 5.74) is 8.07. The Kier molecular flexibility index (Phi) is 3.57. The molecule has 0 radical (unpaired) electrons. The number of nitrogens with two attached hydrogens (primary N) is 1. The lowest BCUT2D eigenvalue weighted by molar-refractivity contribution is 0.309. The second-order valence-corrected chi connectivity index (χ2v) is 4.22. The van der Waals surface area contributed by atoms with Gasteiger partial charge in [0, 0.05) is 13.0 Å². The Labute approximate surface area is 96.3 Å². The van der Waals surface area contributed by atoms with Gasteiger partial charge in [-0.05, 0) is 18.9 Å². The summed E-state index contributed by atoms with van der Waals surface area (Å²) in [5, 5.41) is 0. The molecule has 1 unspecified atom stereocenters. The molecule has 16 heavy (non-hydrogen) atoms. The highest BCUT2D eigenvalue weighted by atomic mass is 16.5. The molecular formula is C13H18N2O.